The van der Waals surface area contributed by atoms with Gasteiger partial charge < -0.3 is 15.2 Å². The molecule has 18 heavy (non-hydrogen) atoms. The van der Waals surface area contributed by atoms with Crippen LogP contribution < -0.4 is 5.32 Å². The van der Waals surface area contributed by atoms with Crippen molar-refractivity contribution < 1.29 is 9.84 Å². The Morgan fingerprint density at radius 1 is 1.39 bits per heavy atom. The minimum Gasteiger partial charge on any atom is -0.389 e. The van der Waals surface area contributed by atoms with Gasteiger partial charge >= 0.3 is 0 Å². The number of hydrogen-bond acceptors (Lipinski definition) is 3. The maximum atomic E-state index is 9.72. The molecule has 2 aliphatic carbocycles. The third kappa shape index (κ3) is 5.98. The fourth-order valence-corrected chi connectivity index (χ4v) is 2.36. The van der Waals surface area contributed by atoms with Gasteiger partial charge in [0.2, 0.25) is 0 Å². The SMILES string of the molecule is OC(CNCCC1=CCCCC1)COCC1CC1. The number of allylic oxidation sites excluding steroid dienone is 1. The van der Waals surface area contributed by atoms with Crippen LogP contribution in [0.15, 0.2) is 11.6 Å². The Hall–Kier alpha value is -0.380. The molecule has 3 nitrogen and oxygen atoms in total. The first kappa shape index (κ1) is 14.0. The number of aliphatic hydroxyl groups excluding tert-OH is 1. The van der Waals surface area contributed by atoms with Crippen molar-refractivity contribution in [1.29, 1.82) is 0 Å². The van der Waals surface area contributed by atoms with Gasteiger partial charge in [0.15, 0.2) is 0 Å². The van der Waals surface area contributed by atoms with Gasteiger partial charge in [0.25, 0.3) is 0 Å². The first-order valence-electron chi connectivity index (χ1n) is 7.49. The maximum Gasteiger partial charge on any atom is 0.0897 e. The van der Waals surface area contributed by atoms with Gasteiger partial charge in [-0.15, -0.1) is 0 Å². The fourth-order valence-electron chi connectivity index (χ4n) is 2.36. The van der Waals surface area contributed by atoms with Crippen molar-refractivity contribution in [3.05, 3.63) is 11.6 Å². The Labute approximate surface area is 111 Å². The second-order valence-corrected chi connectivity index (χ2v) is 5.70. The van der Waals surface area contributed by atoms with E-state index < -0.39 is 0 Å². The average Bonchev–Trinajstić information content (AvgIpc) is 3.20. The van der Waals surface area contributed by atoms with E-state index in [1.165, 1.54) is 38.5 Å². The molecule has 0 spiro atoms. The zero-order chi connectivity index (χ0) is 12.6. The summed E-state index contributed by atoms with van der Waals surface area (Å²) in [7, 11) is 0. The molecule has 0 amide bonds. The summed E-state index contributed by atoms with van der Waals surface area (Å²) in [6.07, 6.45) is 11.0. The largest absolute Gasteiger partial charge is 0.389 e. The van der Waals surface area contributed by atoms with E-state index in [2.05, 4.69) is 11.4 Å². The zero-order valence-electron chi connectivity index (χ0n) is 11.4. The van der Waals surface area contributed by atoms with Gasteiger partial charge in [-0.25, -0.2) is 0 Å². The van der Waals surface area contributed by atoms with Crippen molar-refractivity contribution in [2.45, 2.75) is 51.0 Å². The monoisotopic (exact) mass is 253 g/mol. The first-order valence-corrected chi connectivity index (χ1v) is 7.49. The van der Waals surface area contributed by atoms with Crippen LogP contribution in [0.25, 0.3) is 0 Å². The van der Waals surface area contributed by atoms with Gasteiger partial charge in [-0.3, -0.25) is 0 Å². The van der Waals surface area contributed by atoms with Crippen LogP contribution in [0.1, 0.15) is 44.9 Å². The van der Waals surface area contributed by atoms with Crippen LogP contribution >= 0.6 is 0 Å². The van der Waals surface area contributed by atoms with Crippen molar-refractivity contribution in [3.8, 4) is 0 Å². The van der Waals surface area contributed by atoms with Gasteiger partial charge in [-0.2, -0.15) is 0 Å². The first-order chi connectivity index (χ1) is 8.84. The lowest BCUT2D eigenvalue weighted by atomic mass is 9.97. The Kier molecular flexibility index (Phi) is 6.18. The minimum atomic E-state index is -0.357. The highest BCUT2D eigenvalue weighted by atomic mass is 16.5. The molecule has 0 aromatic rings. The molecular formula is C15H27NO2. The lowest BCUT2D eigenvalue weighted by molar-refractivity contribution is 0.0327. The molecule has 2 aliphatic rings. The number of nitrogens with one attached hydrogen (secondary N) is 1. The Morgan fingerprint density at radius 3 is 3.00 bits per heavy atom. The molecule has 104 valence electrons. The summed E-state index contributed by atoms with van der Waals surface area (Å²) in [6, 6.07) is 0. The molecule has 0 aromatic heterocycles. The molecule has 0 radical (unpaired) electrons. The molecule has 3 heteroatoms. The number of rotatable bonds is 9. The van der Waals surface area contributed by atoms with E-state index in [1.54, 1.807) is 5.57 Å². The molecule has 0 saturated heterocycles. The summed E-state index contributed by atoms with van der Waals surface area (Å²) < 4.78 is 5.46. The van der Waals surface area contributed by atoms with Crippen LogP contribution in [0.2, 0.25) is 0 Å². The highest BCUT2D eigenvalue weighted by molar-refractivity contribution is 5.05. The van der Waals surface area contributed by atoms with E-state index >= 15 is 0 Å². The molecular weight excluding hydrogens is 226 g/mol. The van der Waals surface area contributed by atoms with Crippen LogP contribution in [-0.2, 0) is 4.74 Å². The Bertz CT molecular complexity index is 261. The molecule has 0 bridgehead atoms. The van der Waals surface area contributed by atoms with Crippen molar-refractivity contribution in [1.82, 2.24) is 5.32 Å². The molecule has 1 saturated carbocycles. The summed E-state index contributed by atoms with van der Waals surface area (Å²) in [5.74, 6) is 0.781. The second-order valence-electron chi connectivity index (χ2n) is 5.70. The highest BCUT2D eigenvalue weighted by Crippen LogP contribution is 2.28. The molecule has 1 fully saturated rings. The fraction of sp³-hybridized carbons (Fsp3) is 0.867. The van der Waals surface area contributed by atoms with Gasteiger partial charge in [-0.1, -0.05) is 11.6 Å². The van der Waals surface area contributed by atoms with E-state index in [1.807, 2.05) is 0 Å². The number of aliphatic hydroxyl groups is 1. The van der Waals surface area contributed by atoms with Crippen LogP contribution in [0.3, 0.4) is 0 Å². The van der Waals surface area contributed by atoms with E-state index in [-0.39, 0.29) is 6.10 Å². The zero-order valence-corrected chi connectivity index (χ0v) is 11.4. The summed E-state index contributed by atoms with van der Waals surface area (Å²) in [6.45, 7) is 2.94. The maximum absolute atomic E-state index is 9.72. The van der Waals surface area contributed by atoms with Crippen LogP contribution in [0.4, 0.5) is 0 Å². The quantitative estimate of drug-likeness (QED) is 0.489. The highest BCUT2D eigenvalue weighted by Gasteiger charge is 2.21. The van der Waals surface area contributed by atoms with E-state index in [0.29, 0.717) is 13.2 Å². The van der Waals surface area contributed by atoms with Crippen molar-refractivity contribution in [2.75, 3.05) is 26.3 Å². The molecule has 2 N–H and O–H groups in total. The topological polar surface area (TPSA) is 41.5 Å². The molecule has 0 aromatic carbocycles. The van der Waals surface area contributed by atoms with Gasteiger partial charge in [0.05, 0.1) is 12.7 Å². The lowest BCUT2D eigenvalue weighted by Gasteiger charge is -2.15. The third-order valence-corrected chi connectivity index (χ3v) is 3.75. The Balaban J connectivity index is 1.42. The van der Waals surface area contributed by atoms with E-state index in [0.717, 1.165) is 25.5 Å². The number of hydrogen-bond donors (Lipinski definition) is 2. The lowest BCUT2D eigenvalue weighted by Crippen LogP contribution is -2.31. The summed E-state index contributed by atoms with van der Waals surface area (Å²) in [5, 5.41) is 13.0. The summed E-state index contributed by atoms with van der Waals surface area (Å²) in [4.78, 5) is 0. The summed E-state index contributed by atoms with van der Waals surface area (Å²) >= 11 is 0. The second kappa shape index (κ2) is 7.93. The standard InChI is InChI=1S/C15H27NO2/c17-15(12-18-11-14-6-7-14)10-16-9-8-13-4-2-1-3-5-13/h4,14-17H,1-3,5-12H2. The van der Waals surface area contributed by atoms with E-state index in [9.17, 15) is 5.11 Å². The van der Waals surface area contributed by atoms with E-state index in [4.69, 9.17) is 4.74 Å². The molecule has 2 rings (SSSR count). The molecule has 1 atom stereocenters. The van der Waals surface area contributed by atoms with Crippen LogP contribution in [0.5, 0.6) is 0 Å². The smallest absolute Gasteiger partial charge is 0.0897 e. The average molecular weight is 253 g/mol. The molecule has 0 aliphatic heterocycles. The summed E-state index contributed by atoms with van der Waals surface area (Å²) in [5.41, 5.74) is 1.59. The number of ether oxygens (including phenoxy) is 1. The predicted octanol–water partition coefficient (Wildman–Crippen LogP) is 2.25. The molecule has 0 heterocycles. The van der Waals surface area contributed by atoms with Gasteiger partial charge in [0, 0.05) is 13.2 Å². The van der Waals surface area contributed by atoms with Crippen LogP contribution in [-0.4, -0.2) is 37.5 Å². The minimum absolute atomic E-state index is 0.357. The van der Waals surface area contributed by atoms with Gasteiger partial charge in [0.1, 0.15) is 0 Å². The van der Waals surface area contributed by atoms with Crippen molar-refractivity contribution in [2.24, 2.45) is 5.92 Å². The third-order valence-electron chi connectivity index (χ3n) is 3.75. The Morgan fingerprint density at radius 2 is 2.28 bits per heavy atom. The van der Waals surface area contributed by atoms with Gasteiger partial charge in [-0.05, 0) is 57.4 Å². The van der Waals surface area contributed by atoms with Crippen molar-refractivity contribution >= 4 is 0 Å². The predicted molar refractivity (Wildman–Crippen MR) is 73.6 cm³/mol. The van der Waals surface area contributed by atoms with Crippen LogP contribution in [0, 0.1) is 5.92 Å². The molecule has 1 unspecified atom stereocenters. The van der Waals surface area contributed by atoms with Crippen molar-refractivity contribution in [3.63, 3.8) is 0 Å². The normalized spacial score (nSPS) is 21.7.